The molecule has 6 nitrogen and oxygen atoms in total. The van der Waals surface area contributed by atoms with E-state index in [2.05, 4.69) is 61.5 Å². The molecule has 0 N–H and O–H groups in total. The van der Waals surface area contributed by atoms with Gasteiger partial charge in [-0.2, -0.15) is 5.26 Å². The van der Waals surface area contributed by atoms with Crippen LogP contribution in [0.1, 0.15) is 36.1 Å². The Balaban J connectivity index is 1.54. The molecule has 0 bridgehead atoms. The molecular formula is C40H45NO5S. The maximum atomic E-state index is 10.2. The molecule has 0 unspecified atom stereocenters. The molecule has 4 aromatic carbocycles. The Morgan fingerprint density at radius 3 is 1.77 bits per heavy atom. The molecule has 5 rings (SSSR count). The van der Waals surface area contributed by atoms with Gasteiger partial charge < -0.3 is 23.7 Å². The van der Waals surface area contributed by atoms with Gasteiger partial charge in [-0.3, -0.25) is 0 Å². The van der Waals surface area contributed by atoms with Crippen LogP contribution in [0.2, 0.25) is 0 Å². The van der Waals surface area contributed by atoms with Gasteiger partial charge in [-0.05, 0) is 35.7 Å². The summed E-state index contributed by atoms with van der Waals surface area (Å²) in [6.07, 6.45) is -2.51. The van der Waals surface area contributed by atoms with Crippen molar-refractivity contribution in [3.8, 4) is 6.07 Å². The van der Waals surface area contributed by atoms with Gasteiger partial charge in [-0.1, -0.05) is 123 Å². The third kappa shape index (κ3) is 9.33. The van der Waals surface area contributed by atoms with E-state index in [4.69, 9.17) is 23.7 Å². The van der Waals surface area contributed by atoms with Crippen LogP contribution in [-0.4, -0.2) is 49.5 Å². The van der Waals surface area contributed by atoms with Crippen LogP contribution < -0.4 is 0 Å². The molecule has 0 spiro atoms. The van der Waals surface area contributed by atoms with E-state index in [1.54, 1.807) is 18.9 Å². The lowest BCUT2D eigenvalue weighted by Gasteiger charge is -2.51. The number of ether oxygens (including phenoxy) is 5. The molecule has 47 heavy (non-hydrogen) atoms. The summed E-state index contributed by atoms with van der Waals surface area (Å²) < 4.78 is 32.9. The summed E-state index contributed by atoms with van der Waals surface area (Å²) in [6.45, 7) is 7.69. The molecule has 0 radical (unpaired) electrons. The topological polar surface area (TPSA) is 69.9 Å². The van der Waals surface area contributed by atoms with Crippen molar-refractivity contribution < 1.29 is 23.7 Å². The lowest BCUT2D eigenvalue weighted by atomic mass is 9.76. The Hall–Kier alpha value is -3.48. The molecule has 1 saturated heterocycles. The van der Waals surface area contributed by atoms with Crippen LogP contribution >= 0.6 is 11.8 Å². The van der Waals surface area contributed by atoms with Gasteiger partial charge in [0.25, 0.3) is 0 Å². The number of methoxy groups -OCH3 is 1. The van der Waals surface area contributed by atoms with Gasteiger partial charge in [0.05, 0.1) is 43.9 Å². The number of nitrogens with zero attached hydrogens (tertiary/aromatic N) is 1. The Kier molecular flexibility index (Phi) is 12.7. The normalized spacial score (nSPS) is 22.0. The van der Waals surface area contributed by atoms with E-state index in [-0.39, 0.29) is 11.9 Å². The molecule has 0 aromatic heterocycles. The van der Waals surface area contributed by atoms with Crippen LogP contribution in [0.15, 0.2) is 120 Å². The number of benzene rings is 4. The van der Waals surface area contributed by atoms with E-state index in [1.807, 2.05) is 80.6 Å². The Morgan fingerprint density at radius 2 is 1.26 bits per heavy atom. The van der Waals surface area contributed by atoms with Gasteiger partial charge in [0.2, 0.25) is 0 Å². The van der Waals surface area contributed by atoms with Crippen LogP contribution in [0.25, 0.3) is 0 Å². The fourth-order valence-electron chi connectivity index (χ4n) is 6.01. The number of rotatable bonds is 15. The Bertz CT molecular complexity index is 1530. The van der Waals surface area contributed by atoms with Crippen molar-refractivity contribution in [2.75, 3.05) is 13.7 Å². The number of thioether (sulfide) groups is 1. The van der Waals surface area contributed by atoms with Gasteiger partial charge in [0.15, 0.2) is 6.10 Å². The molecule has 7 heteroatoms. The van der Waals surface area contributed by atoms with Crippen molar-refractivity contribution in [3.05, 3.63) is 138 Å². The van der Waals surface area contributed by atoms with Gasteiger partial charge in [0, 0.05) is 17.4 Å². The zero-order chi connectivity index (χ0) is 33.1. The predicted octanol–water partition coefficient (Wildman–Crippen LogP) is 8.18. The molecule has 1 aliphatic rings. The highest BCUT2D eigenvalue weighted by Crippen LogP contribution is 2.46. The van der Waals surface area contributed by atoms with Crippen LogP contribution in [-0.2, 0) is 43.5 Å². The molecule has 1 aliphatic heterocycles. The maximum absolute atomic E-state index is 10.2. The van der Waals surface area contributed by atoms with Crippen molar-refractivity contribution in [2.45, 2.75) is 81.3 Å². The minimum Gasteiger partial charge on any atom is -0.374 e. The predicted molar refractivity (Wildman–Crippen MR) is 186 cm³/mol. The van der Waals surface area contributed by atoms with Crippen LogP contribution in [0.4, 0.5) is 0 Å². The lowest BCUT2D eigenvalue weighted by Crippen LogP contribution is -2.64. The van der Waals surface area contributed by atoms with Gasteiger partial charge >= 0.3 is 0 Å². The summed E-state index contributed by atoms with van der Waals surface area (Å²) in [5.41, 5.74) is 3.69. The highest BCUT2D eigenvalue weighted by atomic mass is 32.2. The minimum atomic E-state index is -0.712. The van der Waals surface area contributed by atoms with Crippen molar-refractivity contribution in [1.82, 2.24) is 0 Å². The first-order valence-electron chi connectivity index (χ1n) is 16.1. The minimum absolute atomic E-state index is 0.242. The summed E-state index contributed by atoms with van der Waals surface area (Å²) in [6, 6.07) is 41.3. The summed E-state index contributed by atoms with van der Waals surface area (Å²) in [7, 11) is 1.58. The smallest absolute Gasteiger partial charge is 0.151 e. The highest BCUT2D eigenvalue weighted by Gasteiger charge is 2.55. The van der Waals surface area contributed by atoms with Crippen LogP contribution in [0, 0.1) is 23.7 Å². The van der Waals surface area contributed by atoms with Crippen LogP contribution in [0.5, 0.6) is 0 Å². The second kappa shape index (κ2) is 17.1. The fourth-order valence-corrected chi connectivity index (χ4v) is 7.53. The summed E-state index contributed by atoms with van der Waals surface area (Å²) in [5.74, 6) is 0. The van der Waals surface area contributed by atoms with E-state index in [9.17, 15) is 5.26 Å². The zero-order valence-corrected chi connectivity index (χ0v) is 28.5. The molecule has 4 aromatic rings. The molecule has 0 aliphatic carbocycles. The molecule has 1 fully saturated rings. The second-order valence-electron chi connectivity index (χ2n) is 12.6. The monoisotopic (exact) mass is 651 g/mol. The summed E-state index contributed by atoms with van der Waals surface area (Å²) in [4.78, 5) is 1.09. The molecule has 0 amide bonds. The number of hydrogen-bond donors (Lipinski definition) is 0. The van der Waals surface area contributed by atoms with E-state index in [0.717, 1.165) is 21.6 Å². The largest absolute Gasteiger partial charge is 0.374 e. The van der Waals surface area contributed by atoms with Crippen molar-refractivity contribution in [2.24, 2.45) is 5.41 Å². The quantitative estimate of drug-likeness (QED) is 0.128. The van der Waals surface area contributed by atoms with E-state index < -0.39 is 35.9 Å². The van der Waals surface area contributed by atoms with Gasteiger partial charge in [-0.25, -0.2) is 0 Å². The molecular weight excluding hydrogens is 607 g/mol. The SMILES string of the molecule is CO[C@@H](C#N)C(C)(C)[C@@H]1O[C@H](COCc2ccccc2)[C@@H](OCc2ccccc2)[C@H](OCc2ccccc2)[C@H]1Sc1ccc(C)cc1. The van der Waals surface area contributed by atoms with E-state index >= 15 is 0 Å². The van der Waals surface area contributed by atoms with Crippen LogP contribution in [0.3, 0.4) is 0 Å². The zero-order valence-electron chi connectivity index (χ0n) is 27.7. The summed E-state index contributed by atoms with van der Waals surface area (Å²) in [5, 5.41) is 9.95. The molecule has 246 valence electrons. The van der Waals surface area contributed by atoms with Gasteiger partial charge in [0.1, 0.15) is 18.3 Å². The first-order valence-corrected chi connectivity index (χ1v) is 17.0. The van der Waals surface area contributed by atoms with Crippen molar-refractivity contribution >= 4 is 11.8 Å². The number of hydrogen-bond acceptors (Lipinski definition) is 7. The highest BCUT2D eigenvalue weighted by molar-refractivity contribution is 8.00. The molecule has 0 saturated carbocycles. The summed E-state index contributed by atoms with van der Waals surface area (Å²) >= 11 is 1.70. The third-order valence-corrected chi connectivity index (χ3v) is 9.99. The average molecular weight is 652 g/mol. The average Bonchev–Trinajstić information content (AvgIpc) is 3.10. The number of nitriles is 1. The van der Waals surface area contributed by atoms with E-state index in [1.165, 1.54) is 5.56 Å². The van der Waals surface area contributed by atoms with Crippen molar-refractivity contribution in [3.63, 3.8) is 0 Å². The Morgan fingerprint density at radius 1 is 0.745 bits per heavy atom. The number of aryl methyl sites for hydroxylation is 1. The van der Waals surface area contributed by atoms with E-state index in [0.29, 0.717) is 19.8 Å². The standard InChI is InChI=1S/C40H45NO5S/c1-29-20-22-33(23-21-29)47-38-37(45-27-32-18-12-7-13-19-32)36(44-26-31-16-10-6-11-17-31)34(28-43-25-30-14-8-5-9-15-30)46-39(38)40(2,3)35(24-41)42-4/h5-23,34-39H,25-28H2,1-4H3/t34-,35+,36-,37+,38-,39-/m1/s1. The van der Waals surface area contributed by atoms with Gasteiger partial charge in [-0.15, -0.1) is 11.8 Å². The maximum Gasteiger partial charge on any atom is 0.151 e. The first kappa shape index (κ1) is 34.8. The lowest BCUT2D eigenvalue weighted by molar-refractivity contribution is -0.241. The molecule has 6 atom stereocenters. The first-order chi connectivity index (χ1) is 22.9. The Labute approximate surface area is 284 Å². The second-order valence-corrected chi connectivity index (χ2v) is 13.8. The third-order valence-electron chi connectivity index (χ3n) is 8.65. The molecule has 1 heterocycles. The van der Waals surface area contributed by atoms with Crippen molar-refractivity contribution in [1.29, 1.82) is 5.26 Å². The fraction of sp³-hybridized carbons (Fsp3) is 0.375.